The number of carbonyl (C=O) groups excluding carboxylic acids is 1. The lowest BCUT2D eigenvalue weighted by Crippen LogP contribution is -2.39. The Balaban J connectivity index is 1.57. The third-order valence-corrected chi connectivity index (χ3v) is 3.99. The van der Waals surface area contributed by atoms with Crippen molar-refractivity contribution < 1.29 is 14.3 Å². The van der Waals surface area contributed by atoms with E-state index in [9.17, 15) is 4.79 Å². The van der Waals surface area contributed by atoms with Crippen LogP contribution < -0.4 is 20.1 Å². The average molecular weight is 296 g/mol. The molecule has 0 radical (unpaired) electrons. The standard InChI is InChI=1S/C17H16N2O3/c20-17-14(6-11-4-2-1-3-5-11)18-9-12-7-15-16(22-10-21-15)8-13(12)19-17/h1-5,7-8,14,18H,6,9-10H2,(H,19,20)/t14-/m0/s1. The smallest absolute Gasteiger partial charge is 0.241 e. The summed E-state index contributed by atoms with van der Waals surface area (Å²) in [5, 5.41) is 6.30. The minimum Gasteiger partial charge on any atom is -0.454 e. The topological polar surface area (TPSA) is 59.6 Å². The van der Waals surface area contributed by atoms with Gasteiger partial charge in [-0.2, -0.15) is 0 Å². The Kier molecular flexibility index (Phi) is 3.20. The zero-order chi connectivity index (χ0) is 14.9. The van der Waals surface area contributed by atoms with Gasteiger partial charge in [0.1, 0.15) is 0 Å². The van der Waals surface area contributed by atoms with Crippen LogP contribution >= 0.6 is 0 Å². The monoisotopic (exact) mass is 296 g/mol. The molecule has 2 aromatic rings. The molecule has 22 heavy (non-hydrogen) atoms. The van der Waals surface area contributed by atoms with Gasteiger partial charge in [-0.3, -0.25) is 4.79 Å². The fourth-order valence-electron chi connectivity index (χ4n) is 2.81. The van der Waals surface area contributed by atoms with Crippen LogP contribution in [0.2, 0.25) is 0 Å². The van der Waals surface area contributed by atoms with Gasteiger partial charge in [-0.25, -0.2) is 0 Å². The number of amides is 1. The molecule has 2 aliphatic heterocycles. The fraction of sp³-hybridized carbons (Fsp3) is 0.235. The van der Waals surface area contributed by atoms with Crippen molar-refractivity contribution in [3.05, 3.63) is 53.6 Å². The molecule has 0 unspecified atom stereocenters. The van der Waals surface area contributed by atoms with Crippen LogP contribution in [-0.4, -0.2) is 18.7 Å². The van der Waals surface area contributed by atoms with Gasteiger partial charge in [0.2, 0.25) is 12.7 Å². The second-order valence-electron chi connectivity index (χ2n) is 5.48. The van der Waals surface area contributed by atoms with Crippen molar-refractivity contribution in [3.8, 4) is 11.5 Å². The summed E-state index contributed by atoms with van der Waals surface area (Å²) in [5.41, 5.74) is 2.93. The lowest BCUT2D eigenvalue weighted by molar-refractivity contribution is -0.118. The lowest BCUT2D eigenvalue weighted by Gasteiger charge is -2.14. The predicted octanol–water partition coefficient (Wildman–Crippen LogP) is 2.07. The molecule has 0 bridgehead atoms. The van der Waals surface area contributed by atoms with Gasteiger partial charge in [0.05, 0.1) is 6.04 Å². The summed E-state index contributed by atoms with van der Waals surface area (Å²) in [6, 6.07) is 13.5. The number of carbonyl (C=O) groups is 1. The number of fused-ring (bicyclic) bond motifs is 2. The molecule has 2 N–H and O–H groups in total. The SMILES string of the molecule is O=C1Nc2cc3c(cc2CN[C@H]1Cc1ccccc1)OCO3. The third kappa shape index (κ3) is 2.40. The summed E-state index contributed by atoms with van der Waals surface area (Å²) in [7, 11) is 0. The van der Waals surface area contributed by atoms with E-state index in [0.29, 0.717) is 18.7 Å². The third-order valence-electron chi connectivity index (χ3n) is 3.99. The zero-order valence-electron chi connectivity index (χ0n) is 12.0. The molecule has 4 rings (SSSR count). The minimum absolute atomic E-state index is 0.0264. The summed E-state index contributed by atoms with van der Waals surface area (Å²) < 4.78 is 10.8. The van der Waals surface area contributed by atoms with Crippen LogP contribution in [0, 0.1) is 0 Å². The molecule has 2 aromatic carbocycles. The van der Waals surface area contributed by atoms with Gasteiger partial charge < -0.3 is 20.1 Å². The van der Waals surface area contributed by atoms with Gasteiger partial charge in [0.15, 0.2) is 11.5 Å². The van der Waals surface area contributed by atoms with Crippen molar-refractivity contribution in [2.24, 2.45) is 0 Å². The van der Waals surface area contributed by atoms with E-state index in [1.54, 1.807) is 0 Å². The van der Waals surface area contributed by atoms with Crippen molar-refractivity contribution in [2.75, 3.05) is 12.1 Å². The summed E-state index contributed by atoms with van der Waals surface area (Å²) >= 11 is 0. The first-order valence-corrected chi connectivity index (χ1v) is 7.30. The maximum Gasteiger partial charge on any atom is 0.241 e. The van der Waals surface area contributed by atoms with Crippen molar-refractivity contribution in [3.63, 3.8) is 0 Å². The molecular formula is C17H16N2O3. The number of ether oxygens (including phenoxy) is 2. The zero-order valence-corrected chi connectivity index (χ0v) is 12.0. The first-order chi connectivity index (χ1) is 10.8. The van der Waals surface area contributed by atoms with Gasteiger partial charge in [0.25, 0.3) is 0 Å². The number of benzene rings is 2. The fourth-order valence-corrected chi connectivity index (χ4v) is 2.81. The largest absolute Gasteiger partial charge is 0.454 e. The first kappa shape index (κ1) is 13.2. The van der Waals surface area contributed by atoms with Crippen LogP contribution in [0.3, 0.4) is 0 Å². The molecule has 112 valence electrons. The highest BCUT2D eigenvalue weighted by atomic mass is 16.7. The van der Waals surface area contributed by atoms with E-state index in [0.717, 1.165) is 22.6 Å². The van der Waals surface area contributed by atoms with Crippen LogP contribution in [0.4, 0.5) is 5.69 Å². The Morgan fingerprint density at radius 2 is 1.86 bits per heavy atom. The van der Waals surface area contributed by atoms with Crippen LogP contribution in [0.15, 0.2) is 42.5 Å². The van der Waals surface area contributed by atoms with E-state index >= 15 is 0 Å². The summed E-state index contributed by atoms with van der Waals surface area (Å²) in [5.74, 6) is 1.39. The molecule has 0 aliphatic carbocycles. The minimum atomic E-state index is -0.258. The van der Waals surface area contributed by atoms with E-state index in [1.807, 2.05) is 42.5 Å². The van der Waals surface area contributed by atoms with Crippen LogP contribution in [-0.2, 0) is 17.8 Å². The normalized spacial score (nSPS) is 19.3. The van der Waals surface area contributed by atoms with Gasteiger partial charge >= 0.3 is 0 Å². The van der Waals surface area contributed by atoms with E-state index in [1.165, 1.54) is 0 Å². The van der Waals surface area contributed by atoms with Crippen molar-refractivity contribution in [1.29, 1.82) is 0 Å². The van der Waals surface area contributed by atoms with Crippen molar-refractivity contribution in [1.82, 2.24) is 5.32 Å². The maximum atomic E-state index is 12.4. The highest BCUT2D eigenvalue weighted by Crippen LogP contribution is 2.37. The maximum absolute atomic E-state index is 12.4. The molecule has 1 amide bonds. The lowest BCUT2D eigenvalue weighted by atomic mass is 10.1. The quantitative estimate of drug-likeness (QED) is 0.890. The molecule has 0 fully saturated rings. The molecule has 2 aliphatic rings. The molecule has 0 saturated heterocycles. The van der Waals surface area contributed by atoms with Gasteiger partial charge in [-0.15, -0.1) is 0 Å². The second-order valence-corrected chi connectivity index (χ2v) is 5.48. The molecule has 0 spiro atoms. The Morgan fingerprint density at radius 1 is 1.09 bits per heavy atom. The highest BCUT2D eigenvalue weighted by molar-refractivity contribution is 5.96. The number of hydrogen-bond acceptors (Lipinski definition) is 4. The van der Waals surface area contributed by atoms with Crippen molar-refractivity contribution in [2.45, 2.75) is 19.0 Å². The molecule has 5 nitrogen and oxygen atoms in total. The van der Waals surface area contributed by atoms with Crippen LogP contribution in [0.5, 0.6) is 11.5 Å². The van der Waals surface area contributed by atoms with Gasteiger partial charge in [0, 0.05) is 18.3 Å². The molecule has 1 atom stereocenters. The van der Waals surface area contributed by atoms with E-state index < -0.39 is 0 Å². The summed E-state index contributed by atoms with van der Waals surface area (Å²) in [6.07, 6.45) is 0.660. The Hall–Kier alpha value is -2.53. The Morgan fingerprint density at radius 3 is 2.68 bits per heavy atom. The second kappa shape index (κ2) is 5.35. The molecule has 0 aromatic heterocycles. The van der Waals surface area contributed by atoms with Crippen LogP contribution in [0.1, 0.15) is 11.1 Å². The van der Waals surface area contributed by atoms with E-state index in [2.05, 4.69) is 10.6 Å². The molecule has 5 heteroatoms. The number of nitrogens with one attached hydrogen (secondary N) is 2. The molecule has 2 heterocycles. The predicted molar refractivity (Wildman–Crippen MR) is 82.0 cm³/mol. The van der Waals surface area contributed by atoms with E-state index in [-0.39, 0.29) is 18.7 Å². The number of anilines is 1. The van der Waals surface area contributed by atoms with Gasteiger partial charge in [-0.05, 0) is 23.6 Å². The summed E-state index contributed by atoms with van der Waals surface area (Å²) in [6.45, 7) is 0.846. The molecule has 0 saturated carbocycles. The van der Waals surface area contributed by atoms with Crippen molar-refractivity contribution >= 4 is 11.6 Å². The Labute approximate surface area is 128 Å². The number of rotatable bonds is 2. The summed E-state index contributed by atoms with van der Waals surface area (Å²) in [4.78, 5) is 12.4. The highest BCUT2D eigenvalue weighted by Gasteiger charge is 2.26. The molecular weight excluding hydrogens is 280 g/mol. The van der Waals surface area contributed by atoms with E-state index in [4.69, 9.17) is 9.47 Å². The van der Waals surface area contributed by atoms with Gasteiger partial charge in [-0.1, -0.05) is 30.3 Å². The van der Waals surface area contributed by atoms with Crippen LogP contribution in [0.25, 0.3) is 0 Å². The average Bonchev–Trinajstić information content (AvgIpc) is 2.93. The first-order valence-electron chi connectivity index (χ1n) is 7.30. The Bertz CT molecular complexity index is 715. The number of hydrogen-bond donors (Lipinski definition) is 2.